The average molecular weight is 326 g/mol. The number of benzene rings is 2. The Balaban J connectivity index is 1.53. The van der Waals surface area contributed by atoms with Crippen molar-refractivity contribution >= 4 is 11.6 Å². The number of hydrogen-bond donors (Lipinski definition) is 2. The van der Waals surface area contributed by atoms with Crippen LogP contribution >= 0.6 is 0 Å². The number of amides is 1. The highest BCUT2D eigenvalue weighted by Gasteiger charge is 2.16. The Hall–Kier alpha value is -2.37. The lowest BCUT2D eigenvalue weighted by Gasteiger charge is -2.23. The van der Waals surface area contributed by atoms with Gasteiger partial charge in [-0.3, -0.25) is 4.79 Å². The number of carbonyl (C=O) groups is 1. The van der Waals surface area contributed by atoms with Gasteiger partial charge in [-0.15, -0.1) is 0 Å². The van der Waals surface area contributed by atoms with Crippen molar-refractivity contribution in [2.24, 2.45) is 0 Å². The van der Waals surface area contributed by atoms with Gasteiger partial charge in [0.15, 0.2) is 0 Å². The molecule has 1 amide bonds. The van der Waals surface area contributed by atoms with Crippen LogP contribution in [0.2, 0.25) is 0 Å². The van der Waals surface area contributed by atoms with E-state index in [9.17, 15) is 4.79 Å². The van der Waals surface area contributed by atoms with Crippen LogP contribution in [0, 0.1) is 6.92 Å². The Bertz CT molecular complexity index is 679. The third-order valence-corrected chi connectivity index (χ3v) is 3.79. The van der Waals surface area contributed by atoms with E-state index < -0.39 is 0 Å². The molecule has 1 saturated heterocycles. The van der Waals surface area contributed by atoms with E-state index in [2.05, 4.69) is 10.6 Å². The molecule has 0 saturated carbocycles. The molecule has 5 heteroatoms. The van der Waals surface area contributed by atoms with Crippen molar-refractivity contribution in [3.63, 3.8) is 0 Å². The summed E-state index contributed by atoms with van der Waals surface area (Å²) < 4.78 is 11.2. The smallest absolute Gasteiger partial charge is 0.226 e. The Kier molecular flexibility index (Phi) is 5.46. The molecule has 1 heterocycles. The van der Waals surface area contributed by atoms with Gasteiger partial charge in [-0.25, -0.2) is 0 Å². The second-order valence-corrected chi connectivity index (χ2v) is 5.92. The molecular formula is C19H22N2O3. The lowest BCUT2D eigenvalue weighted by Crippen LogP contribution is -2.43. The van der Waals surface area contributed by atoms with Crippen LogP contribution in [0.3, 0.4) is 0 Å². The van der Waals surface area contributed by atoms with Crippen LogP contribution in [0.4, 0.5) is 5.69 Å². The summed E-state index contributed by atoms with van der Waals surface area (Å²) in [6, 6.07) is 15.3. The minimum atomic E-state index is -0.0228. The predicted molar refractivity (Wildman–Crippen MR) is 93.6 cm³/mol. The zero-order chi connectivity index (χ0) is 16.8. The van der Waals surface area contributed by atoms with E-state index in [4.69, 9.17) is 9.47 Å². The molecule has 0 bridgehead atoms. The Morgan fingerprint density at radius 2 is 2.08 bits per heavy atom. The van der Waals surface area contributed by atoms with E-state index in [1.54, 1.807) is 0 Å². The van der Waals surface area contributed by atoms with E-state index in [1.807, 2.05) is 55.5 Å². The van der Waals surface area contributed by atoms with E-state index in [-0.39, 0.29) is 11.9 Å². The Morgan fingerprint density at radius 1 is 1.25 bits per heavy atom. The molecule has 0 radical (unpaired) electrons. The second-order valence-electron chi connectivity index (χ2n) is 5.92. The summed E-state index contributed by atoms with van der Waals surface area (Å²) in [5.41, 5.74) is 1.91. The Labute approximate surface area is 142 Å². The van der Waals surface area contributed by atoms with Crippen molar-refractivity contribution in [3.8, 4) is 11.5 Å². The van der Waals surface area contributed by atoms with Crippen molar-refractivity contribution in [2.45, 2.75) is 19.4 Å². The number of ether oxygens (including phenoxy) is 2. The third kappa shape index (κ3) is 4.81. The highest BCUT2D eigenvalue weighted by atomic mass is 16.5. The maximum absolute atomic E-state index is 12.1. The van der Waals surface area contributed by atoms with Crippen LogP contribution in [0.25, 0.3) is 0 Å². The lowest BCUT2D eigenvalue weighted by atomic mass is 10.2. The summed E-state index contributed by atoms with van der Waals surface area (Å²) in [7, 11) is 0. The fraction of sp³-hybridized carbons (Fsp3) is 0.316. The molecule has 2 aromatic rings. The van der Waals surface area contributed by atoms with E-state index >= 15 is 0 Å². The largest absolute Gasteiger partial charge is 0.457 e. The first kappa shape index (κ1) is 16.5. The zero-order valence-electron chi connectivity index (χ0n) is 13.7. The maximum Gasteiger partial charge on any atom is 0.226 e. The van der Waals surface area contributed by atoms with Gasteiger partial charge in [-0.2, -0.15) is 0 Å². The third-order valence-electron chi connectivity index (χ3n) is 3.79. The normalized spacial score (nSPS) is 17.3. The van der Waals surface area contributed by atoms with Gasteiger partial charge in [-0.1, -0.05) is 12.1 Å². The SMILES string of the molecule is Cc1cccc(Oc2ccc(NC(=O)CC3COCCN3)cc2)c1. The average Bonchev–Trinajstić information content (AvgIpc) is 2.57. The molecule has 126 valence electrons. The van der Waals surface area contributed by atoms with E-state index in [1.165, 1.54) is 0 Å². The number of rotatable bonds is 5. The number of aryl methyl sites for hydroxylation is 1. The Morgan fingerprint density at radius 3 is 2.79 bits per heavy atom. The van der Waals surface area contributed by atoms with Gasteiger partial charge in [0, 0.05) is 24.7 Å². The van der Waals surface area contributed by atoms with Crippen molar-refractivity contribution in [1.29, 1.82) is 0 Å². The summed E-state index contributed by atoms with van der Waals surface area (Å²) >= 11 is 0. The zero-order valence-corrected chi connectivity index (χ0v) is 13.7. The summed E-state index contributed by atoms with van der Waals surface area (Å²) in [5, 5.41) is 6.17. The molecular weight excluding hydrogens is 304 g/mol. The molecule has 0 spiro atoms. The van der Waals surface area contributed by atoms with Crippen LogP contribution in [-0.2, 0) is 9.53 Å². The van der Waals surface area contributed by atoms with Crippen LogP contribution in [0.5, 0.6) is 11.5 Å². The monoisotopic (exact) mass is 326 g/mol. The van der Waals surface area contributed by atoms with Crippen molar-refractivity contribution < 1.29 is 14.3 Å². The standard InChI is InChI=1S/C19H22N2O3/c1-14-3-2-4-18(11-14)24-17-7-5-15(6-8-17)21-19(22)12-16-13-23-10-9-20-16/h2-8,11,16,20H,9-10,12-13H2,1H3,(H,21,22). The molecule has 3 rings (SSSR count). The molecule has 2 aromatic carbocycles. The first-order valence-electron chi connectivity index (χ1n) is 8.14. The predicted octanol–water partition coefficient (Wildman–Crippen LogP) is 3.10. The molecule has 1 atom stereocenters. The fourth-order valence-electron chi connectivity index (χ4n) is 2.61. The highest BCUT2D eigenvalue weighted by Crippen LogP contribution is 2.23. The maximum atomic E-state index is 12.1. The molecule has 1 aliphatic heterocycles. The summed E-state index contributed by atoms with van der Waals surface area (Å²) in [6.45, 7) is 4.11. The van der Waals surface area contributed by atoms with E-state index in [0.717, 1.165) is 29.3 Å². The topological polar surface area (TPSA) is 59.6 Å². The lowest BCUT2D eigenvalue weighted by molar-refractivity contribution is -0.117. The molecule has 1 unspecified atom stereocenters. The van der Waals surface area contributed by atoms with Crippen molar-refractivity contribution in [3.05, 3.63) is 54.1 Å². The van der Waals surface area contributed by atoms with Crippen LogP contribution in [0.1, 0.15) is 12.0 Å². The molecule has 24 heavy (non-hydrogen) atoms. The van der Waals surface area contributed by atoms with Gasteiger partial charge >= 0.3 is 0 Å². The quantitative estimate of drug-likeness (QED) is 0.886. The van der Waals surface area contributed by atoms with E-state index in [0.29, 0.717) is 19.6 Å². The number of anilines is 1. The number of nitrogens with one attached hydrogen (secondary N) is 2. The van der Waals surface area contributed by atoms with Gasteiger partial charge in [0.2, 0.25) is 5.91 Å². The first-order valence-corrected chi connectivity index (χ1v) is 8.14. The minimum absolute atomic E-state index is 0.0228. The fourth-order valence-corrected chi connectivity index (χ4v) is 2.61. The number of morpholine rings is 1. The molecule has 1 fully saturated rings. The molecule has 5 nitrogen and oxygen atoms in total. The summed E-state index contributed by atoms with van der Waals surface area (Å²) in [4.78, 5) is 12.1. The molecule has 0 aliphatic carbocycles. The van der Waals surface area contributed by atoms with Crippen molar-refractivity contribution in [1.82, 2.24) is 5.32 Å². The first-order chi connectivity index (χ1) is 11.7. The second kappa shape index (κ2) is 7.95. The van der Waals surface area contributed by atoms with Crippen LogP contribution < -0.4 is 15.4 Å². The number of carbonyl (C=O) groups excluding carboxylic acids is 1. The minimum Gasteiger partial charge on any atom is -0.457 e. The number of hydrogen-bond acceptors (Lipinski definition) is 4. The van der Waals surface area contributed by atoms with Gasteiger partial charge in [0.25, 0.3) is 0 Å². The van der Waals surface area contributed by atoms with Gasteiger partial charge < -0.3 is 20.1 Å². The van der Waals surface area contributed by atoms with Crippen LogP contribution in [-0.4, -0.2) is 31.7 Å². The van der Waals surface area contributed by atoms with Gasteiger partial charge in [0.05, 0.1) is 13.2 Å². The van der Waals surface area contributed by atoms with Gasteiger partial charge in [0.1, 0.15) is 11.5 Å². The molecule has 1 aliphatic rings. The van der Waals surface area contributed by atoms with Gasteiger partial charge in [-0.05, 0) is 48.9 Å². The highest BCUT2D eigenvalue weighted by molar-refractivity contribution is 5.91. The molecule has 0 aromatic heterocycles. The van der Waals surface area contributed by atoms with Crippen molar-refractivity contribution in [2.75, 3.05) is 25.1 Å². The molecule has 2 N–H and O–H groups in total. The summed E-state index contributed by atoms with van der Waals surface area (Å²) in [5.74, 6) is 1.52. The summed E-state index contributed by atoms with van der Waals surface area (Å²) in [6.07, 6.45) is 0.404. The van der Waals surface area contributed by atoms with Crippen LogP contribution in [0.15, 0.2) is 48.5 Å².